The van der Waals surface area contributed by atoms with Gasteiger partial charge in [-0.2, -0.15) is 0 Å². The quantitative estimate of drug-likeness (QED) is 0.854. The second-order valence-corrected chi connectivity index (χ2v) is 6.64. The molecule has 0 radical (unpaired) electrons. The van der Waals surface area contributed by atoms with E-state index in [1.54, 1.807) is 6.07 Å². The van der Waals surface area contributed by atoms with Crippen molar-refractivity contribution in [3.8, 4) is 0 Å². The Morgan fingerprint density at radius 3 is 2.24 bits per heavy atom. The molecule has 0 fully saturated rings. The normalized spacial score (nSPS) is 11.1. The summed E-state index contributed by atoms with van der Waals surface area (Å²) in [5.41, 5.74) is -0.162. The maximum absolute atomic E-state index is 12.5. The number of carboxylic acids is 1. The average Bonchev–Trinajstić information content (AvgIpc) is 2.46. The fourth-order valence-electron chi connectivity index (χ4n) is 1.81. The van der Waals surface area contributed by atoms with Crippen molar-refractivity contribution in [1.82, 2.24) is 0 Å². The average molecular weight is 325 g/mol. The third-order valence-corrected chi connectivity index (χ3v) is 4.97. The van der Waals surface area contributed by atoms with Crippen molar-refractivity contribution in [3.05, 3.63) is 59.1 Å². The summed E-state index contributed by atoms with van der Waals surface area (Å²) in [6.07, 6.45) is 0. The minimum atomic E-state index is -3.88. The number of anilines is 1. The van der Waals surface area contributed by atoms with Gasteiger partial charge in [-0.25, -0.2) is 8.42 Å². The fourth-order valence-corrected chi connectivity index (χ4v) is 3.16. The van der Waals surface area contributed by atoms with Crippen LogP contribution >= 0.6 is 11.6 Å². The van der Waals surface area contributed by atoms with Gasteiger partial charge >= 0.3 is 0 Å². The number of carbonyl (C=O) groups is 1. The summed E-state index contributed by atoms with van der Waals surface area (Å²) < 4.78 is 25.9. The molecule has 2 rings (SSSR count). The monoisotopic (exact) mass is 324 g/mol. The van der Waals surface area contributed by atoms with E-state index >= 15 is 0 Å². The Bertz CT molecular complexity index is 772. The molecule has 0 aliphatic heterocycles. The SMILES string of the molecule is CN(c1ccccc1C(=O)[O-])S(=O)(=O)c1ccc(Cl)cc1. The molecule has 0 aromatic heterocycles. The number of hydrogen-bond donors (Lipinski definition) is 0. The summed E-state index contributed by atoms with van der Waals surface area (Å²) in [4.78, 5) is 11.1. The lowest BCUT2D eigenvalue weighted by Crippen LogP contribution is -2.31. The zero-order valence-electron chi connectivity index (χ0n) is 11.0. The number of nitrogens with zero attached hydrogens (tertiary/aromatic N) is 1. The van der Waals surface area contributed by atoms with Gasteiger partial charge in [-0.15, -0.1) is 0 Å². The highest BCUT2D eigenvalue weighted by Gasteiger charge is 2.23. The van der Waals surface area contributed by atoms with Crippen LogP contribution in [0, 0.1) is 0 Å². The predicted octanol–water partition coefficient (Wildman–Crippen LogP) is 1.53. The molecule has 0 N–H and O–H groups in total. The van der Waals surface area contributed by atoms with Gasteiger partial charge in [-0.3, -0.25) is 4.31 Å². The second-order valence-electron chi connectivity index (χ2n) is 4.23. The smallest absolute Gasteiger partial charge is 0.264 e. The van der Waals surface area contributed by atoms with Gasteiger partial charge in [0.1, 0.15) is 0 Å². The molecular weight excluding hydrogens is 314 g/mol. The molecule has 0 heterocycles. The van der Waals surface area contributed by atoms with Gasteiger partial charge in [0.2, 0.25) is 0 Å². The molecule has 5 nitrogen and oxygen atoms in total. The van der Waals surface area contributed by atoms with Crippen molar-refractivity contribution in [2.75, 3.05) is 11.4 Å². The van der Waals surface area contributed by atoms with E-state index in [1.807, 2.05) is 0 Å². The number of hydrogen-bond acceptors (Lipinski definition) is 4. The molecule has 0 saturated heterocycles. The lowest BCUT2D eigenvalue weighted by Gasteiger charge is -2.22. The van der Waals surface area contributed by atoms with E-state index in [4.69, 9.17) is 11.6 Å². The molecule has 2 aromatic rings. The van der Waals surface area contributed by atoms with E-state index < -0.39 is 16.0 Å². The minimum Gasteiger partial charge on any atom is -0.545 e. The predicted molar refractivity (Wildman–Crippen MR) is 77.8 cm³/mol. The molecule has 0 spiro atoms. The Labute approximate surface area is 127 Å². The van der Waals surface area contributed by atoms with Crippen LogP contribution in [0.4, 0.5) is 5.69 Å². The highest BCUT2D eigenvalue weighted by molar-refractivity contribution is 7.92. The first-order valence-corrected chi connectivity index (χ1v) is 7.70. The number of carbonyl (C=O) groups excluding carboxylic acids is 1. The summed E-state index contributed by atoms with van der Waals surface area (Å²) in [6, 6.07) is 11.4. The summed E-state index contributed by atoms with van der Waals surface area (Å²) in [5, 5.41) is 11.5. The molecule has 0 atom stereocenters. The zero-order valence-corrected chi connectivity index (χ0v) is 12.6. The zero-order chi connectivity index (χ0) is 15.6. The number of benzene rings is 2. The number of para-hydroxylation sites is 1. The number of aromatic carboxylic acids is 1. The lowest BCUT2D eigenvalue weighted by atomic mass is 10.2. The van der Waals surface area contributed by atoms with Crippen LogP contribution < -0.4 is 9.41 Å². The number of halogens is 1. The van der Waals surface area contributed by atoms with Crippen molar-refractivity contribution in [2.45, 2.75) is 4.90 Å². The van der Waals surface area contributed by atoms with Crippen LogP contribution in [0.5, 0.6) is 0 Å². The van der Waals surface area contributed by atoms with Crippen LogP contribution in [0.2, 0.25) is 5.02 Å². The summed E-state index contributed by atoms with van der Waals surface area (Å²) in [6.45, 7) is 0. The van der Waals surface area contributed by atoms with Gasteiger partial charge in [0.25, 0.3) is 10.0 Å². The molecule has 0 amide bonds. The Morgan fingerprint density at radius 1 is 1.10 bits per heavy atom. The molecule has 0 saturated carbocycles. The van der Waals surface area contributed by atoms with Crippen molar-refractivity contribution in [1.29, 1.82) is 0 Å². The molecule has 110 valence electrons. The van der Waals surface area contributed by atoms with Crippen LogP contribution in [0.1, 0.15) is 10.4 Å². The van der Waals surface area contributed by atoms with Gasteiger partial charge in [0.15, 0.2) is 0 Å². The third kappa shape index (κ3) is 3.01. The van der Waals surface area contributed by atoms with Crippen molar-refractivity contribution >= 4 is 33.3 Å². The first-order valence-electron chi connectivity index (χ1n) is 5.89. The van der Waals surface area contributed by atoms with Crippen LogP contribution in [0.3, 0.4) is 0 Å². The first-order chi connectivity index (χ1) is 9.84. The molecule has 0 unspecified atom stereocenters. The van der Waals surface area contributed by atoms with Crippen LogP contribution in [-0.4, -0.2) is 21.4 Å². The van der Waals surface area contributed by atoms with E-state index in [1.165, 1.54) is 49.5 Å². The van der Waals surface area contributed by atoms with Gasteiger partial charge in [0.05, 0.1) is 16.6 Å². The highest BCUT2D eigenvalue weighted by Crippen LogP contribution is 2.25. The van der Waals surface area contributed by atoms with E-state index in [0.717, 1.165) is 4.31 Å². The summed E-state index contributed by atoms with van der Waals surface area (Å²) >= 11 is 5.73. The van der Waals surface area contributed by atoms with Crippen molar-refractivity contribution in [3.63, 3.8) is 0 Å². The molecule has 21 heavy (non-hydrogen) atoms. The lowest BCUT2D eigenvalue weighted by molar-refractivity contribution is -0.254. The van der Waals surface area contributed by atoms with Crippen LogP contribution in [0.25, 0.3) is 0 Å². The Balaban J connectivity index is 2.51. The van der Waals surface area contributed by atoms with Gasteiger partial charge in [-0.05, 0) is 30.3 Å². The van der Waals surface area contributed by atoms with Gasteiger partial charge in [0, 0.05) is 17.6 Å². The van der Waals surface area contributed by atoms with E-state index in [0.29, 0.717) is 5.02 Å². The molecule has 7 heteroatoms. The van der Waals surface area contributed by atoms with Crippen LogP contribution in [-0.2, 0) is 10.0 Å². The van der Waals surface area contributed by atoms with E-state index in [9.17, 15) is 18.3 Å². The summed E-state index contributed by atoms with van der Waals surface area (Å²) in [7, 11) is -2.60. The Hall–Kier alpha value is -2.05. The molecule has 2 aromatic carbocycles. The van der Waals surface area contributed by atoms with E-state index in [2.05, 4.69) is 0 Å². The van der Waals surface area contributed by atoms with Crippen molar-refractivity contribution in [2.24, 2.45) is 0 Å². The fraction of sp³-hybridized carbons (Fsp3) is 0.0714. The third-order valence-electron chi connectivity index (χ3n) is 2.94. The number of sulfonamides is 1. The van der Waals surface area contributed by atoms with Crippen molar-refractivity contribution < 1.29 is 18.3 Å². The maximum Gasteiger partial charge on any atom is 0.264 e. The first kappa shape index (κ1) is 15.3. The van der Waals surface area contributed by atoms with Gasteiger partial charge < -0.3 is 9.90 Å². The topological polar surface area (TPSA) is 77.5 Å². The van der Waals surface area contributed by atoms with E-state index in [-0.39, 0.29) is 16.1 Å². The highest BCUT2D eigenvalue weighted by atomic mass is 35.5. The summed E-state index contributed by atoms with van der Waals surface area (Å²) in [5.74, 6) is -1.44. The standard InChI is InChI=1S/C14H12ClNO4S/c1-16(13-5-3-2-4-12(13)14(17)18)21(19,20)11-8-6-10(15)7-9-11/h2-9H,1H3,(H,17,18)/p-1. The number of carboxylic acid groups (broad SMARTS) is 1. The number of rotatable bonds is 4. The molecular formula is C14H11ClNO4S-. The van der Waals surface area contributed by atoms with Crippen LogP contribution in [0.15, 0.2) is 53.4 Å². The molecule has 0 aliphatic carbocycles. The second kappa shape index (κ2) is 5.75. The van der Waals surface area contributed by atoms with Gasteiger partial charge in [-0.1, -0.05) is 29.8 Å². The Morgan fingerprint density at radius 2 is 1.67 bits per heavy atom. The molecule has 0 aliphatic rings. The minimum absolute atomic E-state index is 0.0163. The molecule has 0 bridgehead atoms. The largest absolute Gasteiger partial charge is 0.545 e. The maximum atomic E-state index is 12.5. The Kier molecular flexibility index (Phi) is 4.20.